The molecular weight excluding hydrogens is 276 g/mol. The van der Waals surface area contributed by atoms with E-state index in [1.54, 1.807) is 0 Å². The van der Waals surface area contributed by atoms with Gasteiger partial charge in [-0.15, -0.1) is 11.3 Å². The zero-order valence-electron chi connectivity index (χ0n) is 12.5. The van der Waals surface area contributed by atoms with Crippen LogP contribution in [0.1, 0.15) is 11.3 Å². The van der Waals surface area contributed by atoms with Crippen LogP contribution in [0.4, 0.5) is 0 Å². The maximum atomic E-state index is 2.64. The predicted molar refractivity (Wildman–Crippen MR) is 89.6 cm³/mol. The van der Waals surface area contributed by atoms with E-state index in [4.69, 9.17) is 0 Å². The van der Waals surface area contributed by atoms with Crippen molar-refractivity contribution in [2.24, 2.45) is 5.92 Å². The largest absolute Gasteiger partial charge is 0.302 e. The molecule has 0 aliphatic carbocycles. The lowest BCUT2D eigenvalue weighted by Crippen LogP contribution is -2.31. The molecule has 2 aliphatic heterocycles. The van der Waals surface area contributed by atoms with Gasteiger partial charge in [-0.1, -0.05) is 30.3 Å². The standard InChI is InChI=1S/C18H22N2S/c1-19-10-9-15-11-20(13-17(15)19)12-16-7-8-18(21-16)14-5-3-2-4-6-14/h2-8,15,17H,9-13H2,1H3/t15-,17+/m1/s1. The van der Waals surface area contributed by atoms with Gasteiger partial charge in [-0.3, -0.25) is 4.90 Å². The van der Waals surface area contributed by atoms with E-state index < -0.39 is 0 Å². The molecule has 1 aromatic carbocycles. The van der Waals surface area contributed by atoms with E-state index in [9.17, 15) is 0 Å². The fraction of sp³-hybridized carbons (Fsp3) is 0.444. The fourth-order valence-corrected chi connectivity index (χ4v) is 4.89. The summed E-state index contributed by atoms with van der Waals surface area (Å²) in [6.07, 6.45) is 1.39. The lowest BCUT2D eigenvalue weighted by atomic mass is 10.1. The van der Waals surface area contributed by atoms with Crippen LogP contribution in [-0.4, -0.2) is 42.5 Å². The smallest absolute Gasteiger partial charge is 0.0346 e. The Balaban J connectivity index is 1.44. The van der Waals surface area contributed by atoms with E-state index in [0.29, 0.717) is 0 Å². The van der Waals surface area contributed by atoms with Gasteiger partial charge in [0.25, 0.3) is 0 Å². The minimum absolute atomic E-state index is 0.804. The molecule has 3 heterocycles. The molecule has 21 heavy (non-hydrogen) atoms. The van der Waals surface area contributed by atoms with Crippen molar-refractivity contribution in [3.05, 3.63) is 47.3 Å². The van der Waals surface area contributed by atoms with Gasteiger partial charge in [-0.05, 0) is 43.6 Å². The van der Waals surface area contributed by atoms with Gasteiger partial charge in [0, 0.05) is 35.4 Å². The first-order valence-electron chi connectivity index (χ1n) is 7.86. The zero-order chi connectivity index (χ0) is 14.2. The van der Waals surface area contributed by atoms with Crippen molar-refractivity contribution < 1.29 is 0 Å². The molecule has 0 N–H and O–H groups in total. The van der Waals surface area contributed by atoms with Gasteiger partial charge in [0.05, 0.1) is 0 Å². The van der Waals surface area contributed by atoms with Crippen LogP contribution < -0.4 is 0 Å². The molecule has 0 amide bonds. The number of fused-ring (bicyclic) bond motifs is 1. The molecule has 1 aromatic heterocycles. The van der Waals surface area contributed by atoms with E-state index in [-0.39, 0.29) is 0 Å². The molecule has 0 unspecified atom stereocenters. The molecule has 2 aromatic rings. The Hall–Kier alpha value is -1.16. The molecule has 2 aliphatic rings. The quantitative estimate of drug-likeness (QED) is 0.855. The predicted octanol–water partition coefficient (Wildman–Crippen LogP) is 3.55. The highest BCUT2D eigenvalue weighted by Crippen LogP contribution is 2.33. The molecule has 0 radical (unpaired) electrons. The summed E-state index contributed by atoms with van der Waals surface area (Å²) < 4.78 is 0. The van der Waals surface area contributed by atoms with Gasteiger partial charge < -0.3 is 4.90 Å². The Bertz CT molecular complexity index is 607. The molecule has 2 saturated heterocycles. The summed E-state index contributed by atoms with van der Waals surface area (Å²) in [5, 5.41) is 0. The monoisotopic (exact) mass is 298 g/mol. The van der Waals surface area contributed by atoms with Crippen molar-refractivity contribution in [1.29, 1.82) is 0 Å². The Morgan fingerprint density at radius 2 is 1.95 bits per heavy atom. The van der Waals surface area contributed by atoms with Crippen LogP contribution in [0.3, 0.4) is 0 Å². The van der Waals surface area contributed by atoms with Gasteiger partial charge in [-0.2, -0.15) is 0 Å². The summed E-state index contributed by atoms with van der Waals surface area (Å²) in [6.45, 7) is 4.95. The molecule has 110 valence electrons. The van der Waals surface area contributed by atoms with Gasteiger partial charge in [0.15, 0.2) is 0 Å². The Morgan fingerprint density at radius 3 is 2.76 bits per heavy atom. The second-order valence-electron chi connectivity index (χ2n) is 6.42. The van der Waals surface area contributed by atoms with E-state index in [1.807, 2.05) is 11.3 Å². The summed E-state index contributed by atoms with van der Waals surface area (Å²) in [7, 11) is 2.28. The van der Waals surface area contributed by atoms with Gasteiger partial charge in [0.1, 0.15) is 0 Å². The zero-order valence-corrected chi connectivity index (χ0v) is 13.4. The topological polar surface area (TPSA) is 6.48 Å². The highest BCUT2D eigenvalue weighted by molar-refractivity contribution is 7.15. The van der Waals surface area contributed by atoms with E-state index in [1.165, 1.54) is 41.4 Å². The first-order valence-corrected chi connectivity index (χ1v) is 8.68. The molecule has 2 nitrogen and oxygen atoms in total. The highest BCUT2D eigenvalue weighted by Gasteiger charge is 2.39. The van der Waals surface area contributed by atoms with Crippen LogP contribution in [0.2, 0.25) is 0 Å². The SMILES string of the molecule is CN1CC[C@@H]2CN(Cc3ccc(-c4ccccc4)s3)C[C@@H]21. The van der Waals surface area contributed by atoms with Crippen molar-refractivity contribution in [2.75, 3.05) is 26.7 Å². The molecule has 0 spiro atoms. The lowest BCUT2D eigenvalue weighted by molar-refractivity contribution is 0.256. The number of rotatable bonds is 3. The van der Waals surface area contributed by atoms with Gasteiger partial charge in [0.2, 0.25) is 0 Å². The molecule has 2 fully saturated rings. The number of benzene rings is 1. The van der Waals surface area contributed by atoms with Crippen molar-refractivity contribution >= 4 is 11.3 Å². The van der Waals surface area contributed by atoms with Crippen LogP contribution in [0, 0.1) is 5.92 Å². The number of nitrogens with zero attached hydrogens (tertiary/aromatic N) is 2. The Kier molecular flexibility index (Phi) is 3.57. The Morgan fingerprint density at radius 1 is 1.10 bits per heavy atom. The summed E-state index contributed by atoms with van der Waals surface area (Å²) in [6, 6.07) is 16.1. The number of thiophene rings is 1. The minimum Gasteiger partial charge on any atom is -0.302 e. The number of likely N-dealkylation sites (N-methyl/N-ethyl adjacent to an activating group) is 1. The van der Waals surface area contributed by atoms with E-state index in [0.717, 1.165) is 18.5 Å². The van der Waals surface area contributed by atoms with Crippen LogP contribution >= 0.6 is 11.3 Å². The van der Waals surface area contributed by atoms with E-state index >= 15 is 0 Å². The normalized spacial score (nSPS) is 26.3. The maximum absolute atomic E-state index is 2.64. The third kappa shape index (κ3) is 2.66. The van der Waals surface area contributed by atoms with Crippen molar-refractivity contribution in [3.63, 3.8) is 0 Å². The van der Waals surface area contributed by atoms with Crippen LogP contribution in [0.25, 0.3) is 10.4 Å². The maximum Gasteiger partial charge on any atom is 0.0346 e. The highest BCUT2D eigenvalue weighted by atomic mass is 32.1. The second kappa shape index (κ2) is 5.56. The van der Waals surface area contributed by atoms with Crippen LogP contribution in [0.5, 0.6) is 0 Å². The summed E-state index contributed by atoms with van der Waals surface area (Å²) in [5.41, 5.74) is 1.34. The number of likely N-dealkylation sites (tertiary alicyclic amines) is 2. The molecule has 0 bridgehead atoms. The molecule has 0 saturated carbocycles. The first-order chi connectivity index (χ1) is 10.3. The summed E-state index contributed by atoms with van der Waals surface area (Å²) >= 11 is 1.95. The van der Waals surface area contributed by atoms with Crippen molar-refractivity contribution in [2.45, 2.75) is 19.0 Å². The molecule has 3 heteroatoms. The number of hydrogen-bond donors (Lipinski definition) is 0. The van der Waals surface area contributed by atoms with Crippen LogP contribution in [0.15, 0.2) is 42.5 Å². The summed E-state index contributed by atoms with van der Waals surface area (Å²) in [4.78, 5) is 8.08. The van der Waals surface area contributed by atoms with E-state index in [2.05, 4.69) is 59.3 Å². The van der Waals surface area contributed by atoms with Gasteiger partial charge >= 0.3 is 0 Å². The average molecular weight is 298 g/mol. The Labute approximate surface area is 131 Å². The lowest BCUT2D eigenvalue weighted by Gasteiger charge is -2.20. The van der Waals surface area contributed by atoms with Crippen molar-refractivity contribution in [1.82, 2.24) is 9.80 Å². The molecule has 2 atom stereocenters. The van der Waals surface area contributed by atoms with Crippen LogP contribution in [-0.2, 0) is 6.54 Å². The third-order valence-electron chi connectivity index (χ3n) is 5.00. The molecular formula is C18H22N2S. The van der Waals surface area contributed by atoms with Gasteiger partial charge in [-0.25, -0.2) is 0 Å². The first kappa shape index (κ1) is 13.5. The number of hydrogen-bond acceptors (Lipinski definition) is 3. The average Bonchev–Trinajstić information content (AvgIpc) is 3.19. The third-order valence-corrected chi connectivity index (χ3v) is 6.12. The molecule has 4 rings (SSSR count). The second-order valence-corrected chi connectivity index (χ2v) is 7.59. The van der Waals surface area contributed by atoms with Crippen molar-refractivity contribution in [3.8, 4) is 10.4 Å². The minimum atomic E-state index is 0.804. The fourth-order valence-electron chi connectivity index (χ4n) is 3.83. The summed E-state index contributed by atoms with van der Waals surface area (Å²) in [5.74, 6) is 0.906.